The molecule has 1 aromatic carbocycles. The summed E-state index contributed by atoms with van der Waals surface area (Å²) in [6.45, 7) is 4.35. The maximum atomic E-state index is 13.3. The molecule has 0 radical (unpaired) electrons. The third-order valence-electron chi connectivity index (χ3n) is 5.85. The highest BCUT2D eigenvalue weighted by Crippen LogP contribution is 2.38. The normalized spacial score (nSPS) is 19.5. The van der Waals surface area contributed by atoms with Crippen molar-refractivity contribution in [2.24, 2.45) is 0 Å². The van der Waals surface area contributed by atoms with Crippen LogP contribution in [-0.4, -0.2) is 56.0 Å². The van der Waals surface area contributed by atoms with Crippen LogP contribution in [0.3, 0.4) is 0 Å². The second kappa shape index (κ2) is 8.77. The summed E-state index contributed by atoms with van der Waals surface area (Å²) >= 11 is 0. The number of morpholine rings is 1. The SMILES string of the molecule is FC(F)(F)c1cccc(C2(CNc3cc(N4CCOCC4)ncn3)CCOCC2)c1. The first kappa shape index (κ1) is 20.9. The molecule has 1 aromatic heterocycles. The van der Waals surface area contributed by atoms with E-state index in [1.807, 2.05) is 6.07 Å². The van der Waals surface area contributed by atoms with Crippen LogP contribution in [0.4, 0.5) is 24.8 Å². The van der Waals surface area contributed by atoms with Gasteiger partial charge in [0.2, 0.25) is 0 Å². The second-order valence-electron chi connectivity index (χ2n) is 7.69. The third kappa shape index (κ3) is 4.67. The Morgan fingerprint density at radius 3 is 2.47 bits per heavy atom. The van der Waals surface area contributed by atoms with Crippen molar-refractivity contribution >= 4 is 11.6 Å². The van der Waals surface area contributed by atoms with Gasteiger partial charge in [-0.3, -0.25) is 0 Å². The largest absolute Gasteiger partial charge is 0.416 e. The van der Waals surface area contributed by atoms with Crippen LogP contribution in [0, 0.1) is 0 Å². The van der Waals surface area contributed by atoms with Gasteiger partial charge in [-0.1, -0.05) is 18.2 Å². The lowest BCUT2D eigenvalue weighted by atomic mass is 9.73. The lowest BCUT2D eigenvalue weighted by Gasteiger charge is -2.38. The van der Waals surface area contributed by atoms with E-state index in [0.29, 0.717) is 57.2 Å². The molecule has 9 heteroatoms. The van der Waals surface area contributed by atoms with E-state index in [1.165, 1.54) is 18.5 Å². The van der Waals surface area contributed by atoms with Crippen LogP contribution in [0.2, 0.25) is 0 Å². The van der Waals surface area contributed by atoms with Gasteiger partial charge in [-0.25, -0.2) is 9.97 Å². The highest BCUT2D eigenvalue weighted by molar-refractivity contribution is 5.49. The van der Waals surface area contributed by atoms with Crippen molar-refractivity contribution in [1.82, 2.24) is 9.97 Å². The number of alkyl halides is 3. The van der Waals surface area contributed by atoms with E-state index in [9.17, 15) is 13.2 Å². The summed E-state index contributed by atoms with van der Waals surface area (Å²) in [7, 11) is 0. The zero-order valence-corrected chi connectivity index (χ0v) is 16.6. The molecule has 2 aliphatic heterocycles. The van der Waals surface area contributed by atoms with Gasteiger partial charge in [-0.05, 0) is 24.5 Å². The Morgan fingerprint density at radius 1 is 1.00 bits per heavy atom. The monoisotopic (exact) mass is 422 g/mol. The molecule has 0 atom stereocenters. The summed E-state index contributed by atoms with van der Waals surface area (Å²) in [6, 6.07) is 7.53. The molecule has 4 rings (SSSR count). The maximum Gasteiger partial charge on any atom is 0.416 e. The van der Waals surface area contributed by atoms with Gasteiger partial charge in [-0.2, -0.15) is 13.2 Å². The predicted molar refractivity (Wildman–Crippen MR) is 107 cm³/mol. The summed E-state index contributed by atoms with van der Waals surface area (Å²) in [5.74, 6) is 1.47. The highest BCUT2D eigenvalue weighted by Gasteiger charge is 2.37. The average molecular weight is 422 g/mol. The Labute approximate surface area is 173 Å². The maximum absolute atomic E-state index is 13.3. The fourth-order valence-corrected chi connectivity index (χ4v) is 4.02. The molecule has 0 bridgehead atoms. The van der Waals surface area contributed by atoms with Crippen LogP contribution in [0.1, 0.15) is 24.0 Å². The molecule has 3 heterocycles. The van der Waals surface area contributed by atoms with E-state index >= 15 is 0 Å². The minimum absolute atomic E-state index is 0.455. The molecular weight excluding hydrogens is 397 g/mol. The van der Waals surface area contributed by atoms with Crippen LogP contribution in [-0.2, 0) is 21.1 Å². The van der Waals surface area contributed by atoms with Gasteiger partial charge >= 0.3 is 6.18 Å². The molecule has 0 aliphatic carbocycles. The van der Waals surface area contributed by atoms with Crippen molar-refractivity contribution in [3.63, 3.8) is 0 Å². The molecule has 0 amide bonds. The highest BCUT2D eigenvalue weighted by atomic mass is 19.4. The van der Waals surface area contributed by atoms with Crippen LogP contribution in [0.5, 0.6) is 0 Å². The Balaban J connectivity index is 1.54. The van der Waals surface area contributed by atoms with E-state index in [1.54, 1.807) is 6.07 Å². The summed E-state index contributed by atoms with van der Waals surface area (Å²) in [5.41, 5.74) is -0.401. The molecule has 1 N–H and O–H groups in total. The van der Waals surface area contributed by atoms with Crippen LogP contribution in [0.25, 0.3) is 0 Å². The first-order valence-electron chi connectivity index (χ1n) is 10.1. The van der Waals surface area contributed by atoms with Gasteiger partial charge in [0.1, 0.15) is 18.0 Å². The lowest BCUT2D eigenvalue weighted by molar-refractivity contribution is -0.137. The van der Waals surface area contributed by atoms with Gasteiger partial charge in [-0.15, -0.1) is 0 Å². The quantitative estimate of drug-likeness (QED) is 0.796. The number of rotatable bonds is 5. The molecule has 2 fully saturated rings. The number of ether oxygens (including phenoxy) is 2. The van der Waals surface area contributed by atoms with Gasteiger partial charge in [0.15, 0.2) is 0 Å². The molecule has 162 valence electrons. The number of halogens is 3. The topological polar surface area (TPSA) is 59.5 Å². The summed E-state index contributed by atoms with van der Waals surface area (Å²) in [5, 5.41) is 3.35. The third-order valence-corrected chi connectivity index (χ3v) is 5.85. The van der Waals surface area contributed by atoms with Crippen LogP contribution < -0.4 is 10.2 Å². The van der Waals surface area contributed by atoms with Gasteiger partial charge < -0.3 is 19.7 Å². The van der Waals surface area contributed by atoms with Crippen LogP contribution >= 0.6 is 0 Å². The molecule has 0 unspecified atom stereocenters. The number of aromatic nitrogens is 2. The molecule has 2 aromatic rings. The Morgan fingerprint density at radius 2 is 1.73 bits per heavy atom. The Hall–Kier alpha value is -2.39. The van der Waals surface area contributed by atoms with Gasteiger partial charge in [0.25, 0.3) is 0 Å². The minimum atomic E-state index is -4.37. The van der Waals surface area contributed by atoms with Crippen molar-refractivity contribution in [2.75, 3.05) is 56.3 Å². The summed E-state index contributed by atoms with van der Waals surface area (Å²) in [6.07, 6.45) is -1.57. The standard InChI is InChI=1S/C21H25F3N4O2/c22-21(23,24)17-3-1-2-16(12-17)20(4-8-29-9-5-20)14-25-18-13-19(27-15-26-18)28-6-10-30-11-7-28/h1-3,12-13,15H,4-11,14H2,(H,25,26,27). The van der Waals surface area contributed by atoms with E-state index in [2.05, 4.69) is 20.2 Å². The summed E-state index contributed by atoms with van der Waals surface area (Å²) < 4.78 is 50.7. The smallest absolute Gasteiger partial charge is 0.381 e. The number of anilines is 2. The second-order valence-corrected chi connectivity index (χ2v) is 7.69. The number of hydrogen-bond acceptors (Lipinski definition) is 6. The fourth-order valence-electron chi connectivity index (χ4n) is 4.02. The van der Waals surface area contributed by atoms with Crippen molar-refractivity contribution in [1.29, 1.82) is 0 Å². The van der Waals surface area contributed by atoms with Crippen molar-refractivity contribution in [2.45, 2.75) is 24.4 Å². The van der Waals surface area contributed by atoms with E-state index in [0.717, 1.165) is 25.0 Å². The van der Waals surface area contributed by atoms with Crippen molar-refractivity contribution < 1.29 is 22.6 Å². The molecule has 2 aliphatic rings. The van der Waals surface area contributed by atoms with Crippen molar-refractivity contribution in [3.05, 3.63) is 47.8 Å². The molecule has 30 heavy (non-hydrogen) atoms. The number of benzene rings is 1. The number of hydrogen-bond donors (Lipinski definition) is 1. The predicted octanol–water partition coefficient (Wildman–Crippen LogP) is 3.49. The zero-order valence-electron chi connectivity index (χ0n) is 16.6. The average Bonchev–Trinajstić information content (AvgIpc) is 2.79. The van der Waals surface area contributed by atoms with Crippen LogP contribution in [0.15, 0.2) is 36.7 Å². The number of nitrogens with zero attached hydrogens (tertiary/aromatic N) is 3. The van der Waals surface area contributed by atoms with E-state index in [-0.39, 0.29) is 0 Å². The Bertz CT molecular complexity index is 850. The molecular formula is C21H25F3N4O2. The Kier molecular flexibility index (Phi) is 6.10. The molecule has 2 saturated heterocycles. The van der Waals surface area contributed by atoms with Crippen molar-refractivity contribution in [3.8, 4) is 0 Å². The first-order chi connectivity index (χ1) is 14.5. The zero-order chi connectivity index (χ0) is 21.0. The van der Waals surface area contributed by atoms with E-state index < -0.39 is 17.2 Å². The lowest BCUT2D eigenvalue weighted by Crippen LogP contribution is -2.40. The molecule has 6 nitrogen and oxygen atoms in total. The fraction of sp³-hybridized carbons (Fsp3) is 0.524. The van der Waals surface area contributed by atoms with Gasteiger partial charge in [0.05, 0.1) is 18.8 Å². The van der Waals surface area contributed by atoms with E-state index in [4.69, 9.17) is 9.47 Å². The molecule has 0 spiro atoms. The number of nitrogens with one attached hydrogen (secondary N) is 1. The summed E-state index contributed by atoms with van der Waals surface area (Å²) in [4.78, 5) is 10.8. The first-order valence-corrected chi connectivity index (χ1v) is 10.1. The molecule has 0 saturated carbocycles. The van der Waals surface area contributed by atoms with Gasteiger partial charge in [0, 0.05) is 44.3 Å². The minimum Gasteiger partial charge on any atom is -0.381 e.